The summed E-state index contributed by atoms with van der Waals surface area (Å²) in [4.78, 5) is 25.8. The van der Waals surface area contributed by atoms with Gasteiger partial charge in [-0.3, -0.25) is 9.59 Å². The molecule has 8 nitrogen and oxygen atoms in total. The van der Waals surface area contributed by atoms with Crippen molar-refractivity contribution in [1.82, 2.24) is 4.90 Å². The molecule has 0 saturated carbocycles. The second-order valence-electron chi connectivity index (χ2n) is 5.03. The van der Waals surface area contributed by atoms with Crippen LogP contribution in [0.3, 0.4) is 0 Å². The predicted octanol–water partition coefficient (Wildman–Crippen LogP) is 1.36. The molecule has 0 aromatic heterocycles. The lowest BCUT2D eigenvalue weighted by molar-refractivity contribution is -0.140. The number of esters is 1. The molecule has 1 aromatic carbocycles. The van der Waals surface area contributed by atoms with Crippen molar-refractivity contribution in [3.8, 4) is 17.2 Å². The maximum Gasteiger partial charge on any atom is 0.307 e. The number of nitrogens with zero attached hydrogens (tertiary/aromatic N) is 1. The van der Waals surface area contributed by atoms with Crippen LogP contribution in [-0.4, -0.2) is 72.0 Å². The quantitative estimate of drug-likeness (QED) is 0.586. The normalized spacial score (nSPS) is 10.1. The molecule has 1 rings (SSSR count). The van der Waals surface area contributed by atoms with Crippen LogP contribution in [-0.2, 0) is 14.3 Å². The van der Waals surface area contributed by atoms with Crippen molar-refractivity contribution in [2.24, 2.45) is 0 Å². The van der Waals surface area contributed by atoms with Crippen molar-refractivity contribution in [2.45, 2.75) is 6.42 Å². The standard InChI is InChI=1S/C17H25NO7/c1-21-9-8-18(7-6-15(19)24-4)17(20)12-10-13(22-2)16(25-5)14(11-12)23-3/h10-11H,6-9H2,1-5H3. The van der Waals surface area contributed by atoms with Gasteiger partial charge < -0.3 is 28.6 Å². The second-order valence-corrected chi connectivity index (χ2v) is 5.03. The van der Waals surface area contributed by atoms with E-state index in [1.165, 1.54) is 33.3 Å². The van der Waals surface area contributed by atoms with E-state index in [9.17, 15) is 9.59 Å². The number of rotatable bonds is 10. The molecule has 0 radical (unpaired) electrons. The Hall–Kier alpha value is -2.48. The lowest BCUT2D eigenvalue weighted by Gasteiger charge is -2.23. The van der Waals surface area contributed by atoms with Crippen LogP contribution in [0.2, 0.25) is 0 Å². The first-order valence-electron chi connectivity index (χ1n) is 7.67. The molecule has 0 spiro atoms. The average molecular weight is 355 g/mol. The molecule has 0 aliphatic carbocycles. The summed E-state index contributed by atoms with van der Waals surface area (Å²) in [7, 11) is 7.30. The smallest absolute Gasteiger partial charge is 0.307 e. The Morgan fingerprint density at radius 3 is 1.96 bits per heavy atom. The fourth-order valence-electron chi connectivity index (χ4n) is 2.23. The van der Waals surface area contributed by atoms with Crippen LogP contribution >= 0.6 is 0 Å². The molecule has 0 bridgehead atoms. The Morgan fingerprint density at radius 1 is 0.920 bits per heavy atom. The van der Waals surface area contributed by atoms with Crippen LogP contribution in [0.5, 0.6) is 17.2 Å². The van der Waals surface area contributed by atoms with Crippen molar-refractivity contribution >= 4 is 11.9 Å². The van der Waals surface area contributed by atoms with Crippen LogP contribution in [0.15, 0.2) is 12.1 Å². The van der Waals surface area contributed by atoms with Gasteiger partial charge in [0, 0.05) is 25.8 Å². The molecule has 0 heterocycles. The van der Waals surface area contributed by atoms with E-state index in [1.807, 2.05) is 0 Å². The van der Waals surface area contributed by atoms with E-state index in [2.05, 4.69) is 4.74 Å². The van der Waals surface area contributed by atoms with Crippen molar-refractivity contribution in [2.75, 3.05) is 55.2 Å². The van der Waals surface area contributed by atoms with E-state index in [1.54, 1.807) is 19.2 Å². The first kappa shape index (κ1) is 20.6. The molecule has 0 atom stereocenters. The summed E-state index contributed by atoms with van der Waals surface area (Å²) >= 11 is 0. The summed E-state index contributed by atoms with van der Waals surface area (Å²) in [5, 5.41) is 0. The Balaban J connectivity index is 3.11. The van der Waals surface area contributed by atoms with Crippen LogP contribution in [0.4, 0.5) is 0 Å². The van der Waals surface area contributed by atoms with Gasteiger partial charge in [0.25, 0.3) is 5.91 Å². The first-order chi connectivity index (χ1) is 12.0. The number of ether oxygens (including phenoxy) is 5. The average Bonchev–Trinajstić information content (AvgIpc) is 2.65. The number of benzene rings is 1. The largest absolute Gasteiger partial charge is 0.493 e. The molecule has 1 aromatic rings. The van der Waals surface area contributed by atoms with Gasteiger partial charge in [-0.2, -0.15) is 0 Å². The second kappa shape index (κ2) is 10.4. The minimum absolute atomic E-state index is 0.0936. The van der Waals surface area contributed by atoms with Gasteiger partial charge in [0.05, 0.1) is 41.5 Å². The number of carbonyl (C=O) groups is 2. The molecule has 0 unspecified atom stereocenters. The summed E-state index contributed by atoms with van der Waals surface area (Å²) in [6.45, 7) is 0.895. The minimum atomic E-state index is -0.389. The van der Waals surface area contributed by atoms with Crippen LogP contribution < -0.4 is 14.2 Å². The number of hydrogen-bond donors (Lipinski definition) is 0. The highest BCUT2D eigenvalue weighted by atomic mass is 16.5. The van der Waals surface area contributed by atoms with E-state index < -0.39 is 0 Å². The predicted molar refractivity (Wildman–Crippen MR) is 90.5 cm³/mol. The Morgan fingerprint density at radius 2 is 1.52 bits per heavy atom. The number of amides is 1. The summed E-state index contributed by atoms with van der Waals surface area (Å²) in [6, 6.07) is 3.14. The van der Waals surface area contributed by atoms with E-state index >= 15 is 0 Å². The van der Waals surface area contributed by atoms with Crippen LogP contribution in [0.25, 0.3) is 0 Å². The molecular formula is C17H25NO7. The molecular weight excluding hydrogens is 330 g/mol. The lowest BCUT2D eigenvalue weighted by Crippen LogP contribution is -2.35. The maximum absolute atomic E-state index is 12.9. The van der Waals surface area contributed by atoms with E-state index in [0.29, 0.717) is 36.0 Å². The van der Waals surface area contributed by atoms with E-state index in [4.69, 9.17) is 18.9 Å². The molecule has 1 amide bonds. The molecule has 25 heavy (non-hydrogen) atoms. The summed E-state index contributed by atoms with van der Waals surface area (Å²) in [6.07, 6.45) is 0.0936. The van der Waals surface area contributed by atoms with Gasteiger partial charge in [-0.1, -0.05) is 0 Å². The molecule has 0 aliphatic rings. The van der Waals surface area contributed by atoms with Gasteiger partial charge in [0.2, 0.25) is 5.75 Å². The molecule has 8 heteroatoms. The molecule has 0 fully saturated rings. The summed E-state index contributed by atoms with van der Waals surface area (Å²) in [5.74, 6) is 0.495. The van der Waals surface area contributed by atoms with Gasteiger partial charge in [0.15, 0.2) is 11.5 Å². The zero-order chi connectivity index (χ0) is 18.8. The van der Waals surface area contributed by atoms with Crippen molar-refractivity contribution in [3.05, 3.63) is 17.7 Å². The number of carbonyl (C=O) groups excluding carboxylic acids is 2. The first-order valence-corrected chi connectivity index (χ1v) is 7.67. The molecule has 0 N–H and O–H groups in total. The highest BCUT2D eigenvalue weighted by molar-refractivity contribution is 5.96. The Bertz CT molecular complexity index is 563. The molecule has 0 aliphatic heterocycles. The zero-order valence-electron chi connectivity index (χ0n) is 15.3. The van der Waals surface area contributed by atoms with Crippen molar-refractivity contribution < 1.29 is 33.3 Å². The number of methoxy groups -OCH3 is 5. The minimum Gasteiger partial charge on any atom is -0.493 e. The van der Waals surface area contributed by atoms with Crippen molar-refractivity contribution in [3.63, 3.8) is 0 Å². The highest BCUT2D eigenvalue weighted by Gasteiger charge is 2.21. The fraction of sp³-hybridized carbons (Fsp3) is 0.529. The summed E-state index contributed by atoms with van der Waals surface area (Å²) < 4.78 is 25.5. The third-order valence-corrected chi connectivity index (χ3v) is 3.58. The van der Waals surface area contributed by atoms with Crippen LogP contribution in [0.1, 0.15) is 16.8 Å². The Kier molecular flexibility index (Phi) is 8.55. The van der Waals surface area contributed by atoms with Crippen LogP contribution in [0, 0.1) is 0 Å². The maximum atomic E-state index is 12.9. The van der Waals surface area contributed by atoms with E-state index in [0.717, 1.165) is 0 Å². The van der Waals surface area contributed by atoms with E-state index in [-0.39, 0.29) is 24.8 Å². The lowest BCUT2D eigenvalue weighted by atomic mass is 10.1. The van der Waals surface area contributed by atoms with Gasteiger partial charge in [-0.25, -0.2) is 0 Å². The fourth-order valence-corrected chi connectivity index (χ4v) is 2.23. The van der Waals surface area contributed by atoms with Crippen molar-refractivity contribution in [1.29, 1.82) is 0 Å². The monoisotopic (exact) mass is 355 g/mol. The third-order valence-electron chi connectivity index (χ3n) is 3.58. The number of hydrogen-bond acceptors (Lipinski definition) is 7. The topological polar surface area (TPSA) is 83.5 Å². The molecule has 0 saturated heterocycles. The van der Waals surface area contributed by atoms with Gasteiger partial charge in [0.1, 0.15) is 0 Å². The Labute approximate surface area is 147 Å². The zero-order valence-corrected chi connectivity index (χ0v) is 15.3. The van der Waals surface area contributed by atoms with Gasteiger partial charge >= 0.3 is 5.97 Å². The third kappa shape index (κ3) is 5.53. The van der Waals surface area contributed by atoms with Gasteiger partial charge in [-0.15, -0.1) is 0 Å². The highest BCUT2D eigenvalue weighted by Crippen LogP contribution is 2.38. The molecule has 140 valence electrons. The SMILES string of the molecule is COCCN(CCC(=O)OC)C(=O)c1cc(OC)c(OC)c(OC)c1. The van der Waals surface area contributed by atoms with Gasteiger partial charge in [-0.05, 0) is 12.1 Å². The summed E-state index contributed by atoms with van der Waals surface area (Å²) in [5.41, 5.74) is 0.357.